The number of hydrogen-bond donors (Lipinski definition) is 2. The van der Waals surface area contributed by atoms with Crippen molar-refractivity contribution in [2.24, 2.45) is 0 Å². The number of aromatic nitrogens is 6. The SMILES string of the molecule is CCn1c(C(O)CO)nc2c(N3CCOCC3)nc(-n3cc(-c4ccccc4)c(OC)n3)nc21. The van der Waals surface area contributed by atoms with Crippen LogP contribution in [0.3, 0.4) is 0 Å². The molecular formula is C23H27N7O4. The van der Waals surface area contributed by atoms with Gasteiger partial charge in [0.15, 0.2) is 17.0 Å². The van der Waals surface area contributed by atoms with Crippen molar-refractivity contribution >= 4 is 17.0 Å². The van der Waals surface area contributed by atoms with E-state index in [0.29, 0.717) is 67.5 Å². The molecular weight excluding hydrogens is 438 g/mol. The molecule has 0 amide bonds. The lowest BCUT2D eigenvalue weighted by molar-refractivity contribution is 0.0861. The molecule has 0 spiro atoms. The van der Waals surface area contributed by atoms with Gasteiger partial charge in [-0.3, -0.25) is 0 Å². The van der Waals surface area contributed by atoms with Crippen molar-refractivity contribution in [1.29, 1.82) is 0 Å². The summed E-state index contributed by atoms with van der Waals surface area (Å²) in [6.07, 6.45) is 0.721. The number of hydrogen-bond acceptors (Lipinski definition) is 9. The standard InChI is InChI=1S/C23H27N7O4/c1-3-29-19(17(32)14-31)24-18-20(28-9-11-34-12-10-28)25-23(26-21(18)29)30-13-16(22(27-30)33-2)15-7-5-4-6-8-15/h4-8,13,17,31-32H,3,9-12,14H2,1-2H3. The molecule has 178 valence electrons. The minimum absolute atomic E-state index is 0.351. The van der Waals surface area contributed by atoms with Crippen LogP contribution in [0.5, 0.6) is 5.88 Å². The lowest BCUT2D eigenvalue weighted by Crippen LogP contribution is -2.37. The summed E-state index contributed by atoms with van der Waals surface area (Å²) in [5.41, 5.74) is 2.91. The Balaban J connectivity index is 1.71. The highest BCUT2D eigenvalue weighted by Crippen LogP contribution is 2.32. The molecule has 3 aromatic heterocycles. The summed E-state index contributed by atoms with van der Waals surface area (Å²) in [6, 6.07) is 9.85. The molecule has 11 nitrogen and oxygen atoms in total. The van der Waals surface area contributed by atoms with E-state index in [2.05, 4.69) is 15.0 Å². The van der Waals surface area contributed by atoms with Gasteiger partial charge in [0.2, 0.25) is 5.88 Å². The first-order chi connectivity index (χ1) is 16.6. The second-order valence-corrected chi connectivity index (χ2v) is 7.89. The Morgan fingerprint density at radius 2 is 1.88 bits per heavy atom. The van der Waals surface area contributed by atoms with Crippen LogP contribution in [0.15, 0.2) is 36.5 Å². The van der Waals surface area contributed by atoms with Gasteiger partial charge in [0.1, 0.15) is 11.9 Å². The van der Waals surface area contributed by atoms with Gasteiger partial charge in [-0.05, 0) is 12.5 Å². The second-order valence-electron chi connectivity index (χ2n) is 7.89. The minimum atomic E-state index is -1.12. The van der Waals surface area contributed by atoms with E-state index in [1.165, 1.54) is 0 Å². The number of anilines is 1. The quantitative estimate of drug-likeness (QED) is 0.418. The lowest BCUT2D eigenvalue weighted by Gasteiger charge is -2.28. The molecule has 1 atom stereocenters. The zero-order valence-corrected chi connectivity index (χ0v) is 19.1. The molecule has 2 N–H and O–H groups in total. The summed E-state index contributed by atoms with van der Waals surface area (Å²) in [6.45, 7) is 4.48. The average molecular weight is 466 g/mol. The third kappa shape index (κ3) is 3.87. The van der Waals surface area contributed by atoms with Gasteiger partial charge in [0, 0.05) is 25.8 Å². The topological polar surface area (TPSA) is 124 Å². The number of fused-ring (bicyclic) bond motifs is 1. The Morgan fingerprint density at radius 3 is 2.56 bits per heavy atom. The molecule has 0 bridgehead atoms. The van der Waals surface area contributed by atoms with E-state index in [4.69, 9.17) is 19.4 Å². The Labute approximate surface area is 196 Å². The van der Waals surface area contributed by atoms with E-state index >= 15 is 0 Å². The predicted molar refractivity (Wildman–Crippen MR) is 125 cm³/mol. The third-order valence-corrected chi connectivity index (χ3v) is 5.86. The van der Waals surface area contributed by atoms with Crippen molar-refractivity contribution in [3.8, 4) is 23.0 Å². The number of imidazole rings is 1. The van der Waals surface area contributed by atoms with Gasteiger partial charge in [0.25, 0.3) is 5.95 Å². The first-order valence-corrected chi connectivity index (χ1v) is 11.2. The fourth-order valence-electron chi connectivity index (χ4n) is 4.16. The number of aliphatic hydroxyl groups excluding tert-OH is 2. The van der Waals surface area contributed by atoms with Gasteiger partial charge in [-0.15, -0.1) is 5.10 Å². The summed E-state index contributed by atoms with van der Waals surface area (Å²) in [7, 11) is 1.58. The fourth-order valence-corrected chi connectivity index (χ4v) is 4.16. The molecule has 1 aliphatic rings. The Bertz CT molecular complexity index is 1280. The third-order valence-electron chi connectivity index (χ3n) is 5.86. The molecule has 0 saturated carbocycles. The van der Waals surface area contributed by atoms with Crippen LogP contribution in [-0.4, -0.2) is 79.5 Å². The monoisotopic (exact) mass is 465 g/mol. The number of ether oxygens (including phenoxy) is 2. The lowest BCUT2D eigenvalue weighted by atomic mass is 10.1. The minimum Gasteiger partial charge on any atom is -0.479 e. The highest BCUT2D eigenvalue weighted by atomic mass is 16.5. The first kappa shape index (κ1) is 22.3. The fraction of sp³-hybridized carbons (Fsp3) is 0.391. The largest absolute Gasteiger partial charge is 0.479 e. The number of aliphatic hydroxyl groups is 2. The normalized spacial score (nSPS) is 15.1. The predicted octanol–water partition coefficient (Wildman–Crippen LogP) is 1.57. The molecule has 11 heteroatoms. The maximum absolute atomic E-state index is 10.4. The number of methoxy groups -OCH3 is 1. The van der Waals surface area contributed by atoms with E-state index in [9.17, 15) is 10.2 Å². The Morgan fingerprint density at radius 1 is 1.12 bits per heavy atom. The van der Waals surface area contributed by atoms with E-state index in [0.717, 1.165) is 11.1 Å². The molecule has 1 fully saturated rings. The molecule has 1 aromatic carbocycles. The molecule has 5 rings (SSSR count). The van der Waals surface area contributed by atoms with Crippen LogP contribution >= 0.6 is 0 Å². The average Bonchev–Trinajstić information content (AvgIpc) is 3.50. The summed E-state index contributed by atoms with van der Waals surface area (Å²) >= 11 is 0. The summed E-state index contributed by atoms with van der Waals surface area (Å²) in [5.74, 6) is 1.80. The Kier molecular flexibility index (Phi) is 6.14. The van der Waals surface area contributed by atoms with Gasteiger partial charge in [-0.1, -0.05) is 30.3 Å². The molecule has 0 aliphatic carbocycles. The summed E-state index contributed by atoms with van der Waals surface area (Å²) in [5, 5.41) is 24.5. The molecule has 0 radical (unpaired) electrons. The van der Waals surface area contributed by atoms with Crippen molar-refractivity contribution in [1.82, 2.24) is 29.3 Å². The second kappa shape index (κ2) is 9.37. The highest BCUT2D eigenvalue weighted by Gasteiger charge is 2.26. The van der Waals surface area contributed by atoms with E-state index < -0.39 is 12.7 Å². The van der Waals surface area contributed by atoms with Gasteiger partial charge in [-0.2, -0.15) is 9.97 Å². The number of aryl methyl sites for hydroxylation is 1. The Hall–Kier alpha value is -3.54. The van der Waals surface area contributed by atoms with Crippen LogP contribution in [-0.2, 0) is 11.3 Å². The van der Waals surface area contributed by atoms with Crippen molar-refractivity contribution in [2.45, 2.75) is 19.6 Å². The van der Waals surface area contributed by atoms with Crippen LogP contribution in [0.1, 0.15) is 18.9 Å². The van der Waals surface area contributed by atoms with Crippen molar-refractivity contribution in [3.63, 3.8) is 0 Å². The van der Waals surface area contributed by atoms with Crippen LogP contribution in [0.25, 0.3) is 28.2 Å². The highest BCUT2D eigenvalue weighted by molar-refractivity contribution is 5.85. The van der Waals surface area contributed by atoms with E-state index in [1.54, 1.807) is 16.4 Å². The zero-order chi connectivity index (χ0) is 23.7. The number of benzene rings is 1. The van der Waals surface area contributed by atoms with Crippen molar-refractivity contribution in [2.75, 3.05) is 44.9 Å². The maximum Gasteiger partial charge on any atom is 0.254 e. The van der Waals surface area contributed by atoms with Crippen LogP contribution in [0, 0.1) is 0 Å². The van der Waals surface area contributed by atoms with Crippen LogP contribution in [0.2, 0.25) is 0 Å². The number of rotatable bonds is 7. The van der Waals surface area contributed by atoms with Crippen molar-refractivity contribution < 1.29 is 19.7 Å². The first-order valence-electron chi connectivity index (χ1n) is 11.2. The number of nitrogens with zero attached hydrogens (tertiary/aromatic N) is 7. The van der Waals surface area contributed by atoms with Crippen LogP contribution < -0.4 is 9.64 Å². The van der Waals surface area contributed by atoms with Crippen molar-refractivity contribution in [3.05, 3.63) is 42.4 Å². The number of morpholine rings is 1. The molecule has 34 heavy (non-hydrogen) atoms. The summed E-state index contributed by atoms with van der Waals surface area (Å²) < 4.78 is 14.4. The van der Waals surface area contributed by atoms with Gasteiger partial charge < -0.3 is 29.2 Å². The van der Waals surface area contributed by atoms with Gasteiger partial charge >= 0.3 is 0 Å². The smallest absolute Gasteiger partial charge is 0.254 e. The van der Waals surface area contributed by atoms with Gasteiger partial charge in [-0.25, -0.2) is 9.67 Å². The maximum atomic E-state index is 10.4. The van der Waals surface area contributed by atoms with Gasteiger partial charge in [0.05, 0.1) is 32.5 Å². The van der Waals surface area contributed by atoms with E-state index in [-0.39, 0.29) is 0 Å². The van der Waals surface area contributed by atoms with Crippen LogP contribution in [0.4, 0.5) is 5.82 Å². The summed E-state index contributed by atoms with van der Waals surface area (Å²) in [4.78, 5) is 16.3. The zero-order valence-electron chi connectivity index (χ0n) is 19.1. The molecule has 4 aromatic rings. The molecule has 1 aliphatic heterocycles. The molecule has 1 unspecified atom stereocenters. The molecule has 1 saturated heterocycles. The van der Waals surface area contributed by atoms with E-state index in [1.807, 2.05) is 43.5 Å². The molecule has 4 heterocycles.